The Morgan fingerprint density at radius 2 is 1.97 bits per heavy atom. The molecule has 1 atom stereocenters. The van der Waals surface area contributed by atoms with Crippen LogP contribution in [-0.4, -0.2) is 30.9 Å². The van der Waals surface area contributed by atoms with Crippen molar-refractivity contribution in [3.05, 3.63) is 82.6 Å². The molecule has 0 bridgehead atoms. The Labute approximate surface area is 192 Å². The van der Waals surface area contributed by atoms with E-state index in [9.17, 15) is 8.78 Å². The molecule has 1 fully saturated rings. The fourth-order valence-corrected chi connectivity index (χ4v) is 5.21. The second-order valence-electron chi connectivity index (χ2n) is 8.22. The van der Waals surface area contributed by atoms with Crippen LogP contribution in [0.15, 0.2) is 60.5 Å². The highest BCUT2D eigenvalue weighted by atomic mass is 32.1. The minimum absolute atomic E-state index is 0.264. The number of aryl methyl sites for hydroxylation is 1. The molecule has 33 heavy (non-hydrogen) atoms. The Hall–Kier alpha value is -3.59. The van der Waals surface area contributed by atoms with Gasteiger partial charge in [0.25, 0.3) is 0 Å². The van der Waals surface area contributed by atoms with E-state index < -0.39 is 11.6 Å². The van der Waals surface area contributed by atoms with Crippen molar-refractivity contribution in [3.63, 3.8) is 0 Å². The third-order valence-electron chi connectivity index (χ3n) is 6.09. The Balaban J connectivity index is 1.38. The molecule has 1 aliphatic rings. The van der Waals surface area contributed by atoms with Crippen LogP contribution in [0.25, 0.3) is 22.5 Å². The first-order valence-corrected chi connectivity index (χ1v) is 11.6. The number of anilines is 1. The summed E-state index contributed by atoms with van der Waals surface area (Å²) in [5.41, 5.74) is 3.92. The molecule has 5 heterocycles. The average molecular weight is 463 g/mol. The topological polar surface area (TPSA) is 51.3 Å². The van der Waals surface area contributed by atoms with Gasteiger partial charge in [-0.05, 0) is 61.0 Å². The normalized spacial score (nSPS) is 16.2. The third-order valence-corrected chi connectivity index (χ3v) is 6.95. The van der Waals surface area contributed by atoms with E-state index in [0.29, 0.717) is 17.0 Å². The summed E-state index contributed by atoms with van der Waals surface area (Å²) < 4.78 is 31.8. The molecule has 166 valence electrons. The monoisotopic (exact) mass is 462 g/mol. The van der Waals surface area contributed by atoms with E-state index in [-0.39, 0.29) is 6.04 Å². The molecular weight excluding hydrogens is 442 g/mol. The molecule has 0 radical (unpaired) electrons. The second-order valence-corrected chi connectivity index (χ2v) is 9.34. The van der Waals surface area contributed by atoms with Gasteiger partial charge in [0.1, 0.15) is 23.1 Å². The smallest absolute Gasteiger partial charge is 0.183 e. The number of rotatable bonds is 4. The van der Waals surface area contributed by atoms with Crippen LogP contribution in [0.5, 0.6) is 0 Å². The van der Waals surface area contributed by atoms with Crippen LogP contribution in [0.2, 0.25) is 0 Å². The van der Waals surface area contributed by atoms with Gasteiger partial charge in [-0.3, -0.25) is 0 Å². The van der Waals surface area contributed by atoms with Crippen LogP contribution in [0, 0.1) is 18.6 Å². The molecule has 0 unspecified atom stereocenters. The van der Waals surface area contributed by atoms with Gasteiger partial charge in [-0.2, -0.15) is 10.2 Å². The number of halogens is 2. The Bertz CT molecular complexity index is 1470. The number of nitrogens with zero attached hydrogens (tertiary/aromatic N) is 6. The SMILES string of the molecule is Cc1cc(-c2cnn(-c3cnn4ccc(N5CCC[C@H]5c5cc(F)ccc5F)nc34)c2)cs1. The lowest BCUT2D eigenvalue weighted by molar-refractivity contribution is 0.560. The number of aromatic nitrogens is 5. The molecule has 4 aromatic heterocycles. The van der Waals surface area contributed by atoms with Gasteiger partial charge < -0.3 is 4.90 Å². The number of hydrogen-bond acceptors (Lipinski definition) is 5. The van der Waals surface area contributed by atoms with Gasteiger partial charge in [0.2, 0.25) is 0 Å². The molecule has 0 spiro atoms. The number of hydrogen-bond donors (Lipinski definition) is 0. The van der Waals surface area contributed by atoms with Gasteiger partial charge in [-0.1, -0.05) is 0 Å². The number of fused-ring (bicyclic) bond motifs is 1. The van der Waals surface area contributed by atoms with Crippen molar-refractivity contribution in [1.29, 1.82) is 0 Å². The van der Waals surface area contributed by atoms with E-state index in [0.717, 1.165) is 42.3 Å². The molecule has 6 rings (SSSR count). The van der Waals surface area contributed by atoms with Gasteiger partial charge in [0, 0.05) is 34.9 Å². The molecule has 1 saturated heterocycles. The zero-order chi connectivity index (χ0) is 22.5. The fraction of sp³-hybridized carbons (Fsp3) is 0.208. The standard InChI is InChI=1S/C24H20F2N6S/c1-15-9-16(14-33-15)17-11-27-32(13-17)22-12-28-31-8-6-23(29-24(22)31)30-7-2-3-21(30)19-10-18(25)4-5-20(19)26/h4-6,8-14,21H,2-3,7H2,1H3/t21-/m0/s1. The van der Waals surface area contributed by atoms with Crippen LogP contribution in [0.1, 0.15) is 29.3 Å². The summed E-state index contributed by atoms with van der Waals surface area (Å²) in [4.78, 5) is 8.14. The van der Waals surface area contributed by atoms with Crippen molar-refractivity contribution >= 4 is 22.8 Å². The van der Waals surface area contributed by atoms with Gasteiger partial charge in [-0.15, -0.1) is 11.3 Å². The molecule has 0 aliphatic carbocycles. The van der Waals surface area contributed by atoms with E-state index in [1.165, 1.54) is 17.0 Å². The largest absolute Gasteiger partial charge is 0.349 e. The first kappa shape index (κ1) is 20.0. The molecule has 0 amide bonds. The lowest BCUT2D eigenvalue weighted by Gasteiger charge is -2.26. The van der Waals surface area contributed by atoms with Gasteiger partial charge >= 0.3 is 0 Å². The summed E-state index contributed by atoms with van der Waals surface area (Å²) in [6.07, 6.45) is 8.98. The first-order valence-electron chi connectivity index (χ1n) is 10.7. The van der Waals surface area contributed by atoms with Crippen LogP contribution >= 0.6 is 11.3 Å². The summed E-state index contributed by atoms with van der Waals surface area (Å²) in [6.45, 7) is 2.80. The minimum Gasteiger partial charge on any atom is -0.349 e. The van der Waals surface area contributed by atoms with Gasteiger partial charge in [-0.25, -0.2) is 23.0 Å². The predicted molar refractivity (Wildman–Crippen MR) is 124 cm³/mol. The van der Waals surface area contributed by atoms with Crippen molar-refractivity contribution in [2.45, 2.75) is 25.8 Å². The molecule has 1 aromatic carbocycles. The zero-order valence-electron chi connectivity index (χ0n) is 17.8. The van der Waals surface area contributed by atoms with Crippen LogP contribution < -0.4 is 4.90 Å². The quantitative estimate of drug-likeness (QED) is 0.350. The Morgan fingerprint density at radius 1 is 1.06 bits per heavy atom. The molecule has 0 saturated carbocycles. The van der Waals surface area contributed by atoms with Crippen molar-refractivity contribution in [3.8, 4) is 16.8 Å². The van der Waals surface area contributed by atoms with E-state index in [2.05, 4.69) is 28.6 Å². The second kappa shape index (κ2) is 7.77. The number of benzene rings is 1. The molecule has 0 N–H and O–H groups in total. The molecule has 9 heteroatoms. The molecule has 5 aromatic rings. The zero-order valence-corrected chi connectivity index (χ0v) is 18.6. The third kappa shape index (κ3) is 3.48. The summed E-state index contributed by atoms with van der Waals surface area (Å²) in [5.74, 6) is -0.126. The van der Waals surface area contributed by atoms with Crippen molar-refractivity contribution in [2.24, 2.45) is 0 Å². The van der Waals surface area contributed by atoms with Crippen molar-refractivity contribution in [2.75, 3.05) is 11.4 Å². The maximum absolute atomic E-state index is 14.5. The number of thiophene rings is 1. The van der Waals surface area contributed by atoms with Crippen LogP contribution in [0.4, 0.5) is 14.6 Å². The highest BCUT2D eigenvalue weighted by Crippen LogP contribution is 2.37. The van der Waals surface area contributed by atoms with Crippen molar-refractivity contribution in [1.82, 2.24) is 24.4 Å². The fourth-order valence-electron chi connectivity index (χ4n) is 4.50. The summed E-state index contributed by atoms with van der Waals surface area (Å²) >= 11 is 1.70. The summed E-state index contributed by atoms with van der Waals surface area (Å²) in [6, 6.07) is 7.37. The maximum atomic E-state index is 14.5. The van der Waals surface area contributed by atoms with Crippen molar-refractivity contribution < 1.29 is 8.78 Å². The van der Waals surface area contributed by atoms with Crippen LogP contribution in [-0.2, 0) is 0 Å². The van der Waals surface area contributed by atoms with Gasteiger partial charge in [0.15, 0.2) is 5.65 Å². The summed E-state index contributed by atoms with van der Waals surface area (Å²) in [7, 11) is 0. The molecular formula is C24H20F2N6S. The van der Waals surface area contributed by atoms with E-state index in [1.54, 1.807) is 26.7 Å². The minimum atomic E-state index is -0.435. The van der Waals surface area contributed by atoms with E-state index in [1.807, 2.05) is 29.6 Å². The Morgan fingerprint density at radius 3 is 2.82 bits per heavy atom. The Kier molecular flexibility index (Phi) is 4.72. The summed E-state index contributed by atoms with van der Waals surface area (Å²) in [5, 5.41) is 11.1. The lowest BCUT2D eigenvalue weighted by atomic mass is 10.0. The van der Waals surface area contributed by atoms with E-state index in [4.69, 9.17) is 4.98 Å². The van der Waals surface area contributed by atoms with Crippen LogP contribution in [0.3, 0.4) is 0 Å². The first-order chi connectivity index (χ1) is 16.1. The average Bonchev–Trinajstić information content (AvgIpc) is 3.60. The van der Waals surface area contributed by atoms with E-state index >= 15 is 0 Å². The lowest BCUT2D eigenvalue weighted by Crippen LogP contribution is -2.24. The highest BCUT2D eigenvalue weighted by molar-refractivity contribution is 7.10. The maximum Gasteiger partial charge on any atom is 0.183 e. The molecule has 1 aliphatic heterocycles. The van der Waals surface area contributed by atoms with Gasteiger partial charge in [0.05, 0.1) is 18.4 Å². The highest BCUT2D eigenvalue weighted by Gasteiger charge is 2.30. The molecule has 6 nitrogen and oxygen atoms in total. The predicted octanol–water partition coefficient (Wildman–Crippen LogP) is 5.57.